The summed E-state index contributed by atoms with van der Waals surface area (Å²) in [5.74, 6) is 1.80. The highest BCUT2D eigenvalue weighted by molar-refractivity contribution is 5.40. The number of nitrogens with two attached hydrogens (primary N) is 1. The van der Waals surface area contributed by atoms with Gasteiger partial charge >= 0.3 is 0 Å². The van der Waals surface area contributed by atoms with Gasteiger partial charge < -0.3 is 15.4 Å². The van der Waals surface area contributed by atoms with Gasteiger partial charge in [0.25, 0.3) is 0 Å². The second-order valence-corrected chi connectivity index (χ2v) is 4.40. The van der Waals surface area contributed by atoms with Crippen LogP contribution in [-0.2, 0) is 13.1 Å². The molecule has 0 atom stereocenters. The van der Waals surface area contributed by atoms with E-state index in [1.165, 1.54) is 5.56 Å². The van der Waals surface area contributed by atoms with Gasteiger partial charge in [0.2, 0.25) is 0 Å². The van der Waals surface area contributed by atoms with Crippen molar-refractivity contribution in [2.45, 2.75) is 13.1 Å². The Bertz CT molecular complexity index is 525. The zero-order valence-corrected chi connectivity index (χ0v) is 11.3. The van der Waals surface area contributed by atoms with Crippen molar-refractivity contribution < 1.29 is 4.74 Å². The van der Waals surface area contributed by atoms with Gasteiger partial charge in [-0.1, -0.05) is 18.2 Å². The maximum atomic E-state index is 5.61. The van der Waals surface area contributed by atoms with Gasteiger partial charge in [-0.15, -0.1) is 0 Å². The first-order valence-electron chi connectivity index (χ1n) is 6.23. The van der Waals surface area contributed by atoms with E-state index in [9.17, 15) is 0 Å². The van der Waals surface area contributed by atoms with Crippen molar-refractivity contribution in [2.24, 2.45) is 5.73 Å². The summed E-state index contributed by atoms with van der Waals surface area (Å²) in [5, 5.41) is 0. The van der Waals surface area contributed by atoms with Crippen molar-refractivity contribution in [3.8, 4) is 5.75 Å². The molecule has 100 valence electrons. The van der Waals surface area contributed by atoms with Gasteiger partial charge in [0.1, 0.15) is 11.6 Å². The van der Waals surface area contributed by atoms with E-state index in [0.29, 0.717) is 6.54 Å². The molecule has 19 heavy (non-hydrogen) atoms. The monoisotopic (exact) mass is 257 g/mol. The van der Waals surface area contributed by atoms with E-state index in [1.807, 2.05) is 37.4 Å². The number of hydrogen-bond donors (Lipinski definition) is 1. The van der Waals surface area contributed by atoms with Crippen LogP contribution in [0.1, 0.15) is 11.3 Å². The standard InChI is InChI=1S/C15H19N3O/c1-18(15-5-3-4-13(10-16)17-15)11-12-6-8-14(19-2)9-7-12/h3-9H,10-11,16H2,1-2H3. The topological polar surface area (TPSA) is 51.4 Å². The lowest BCUT2D eigenvalue weighted by Gasteiger charge is -2.19. The van der Waals surface area contributed by atoms with Crippen LogP contribution in [-0.4, -0.2) is 19.1 Å². The number of methoxy groups -OCH3 is 1. The minimum Gasteiger partial charge on any atom is -0.497 e. The average Bonchev–Trinajstić information content (AvgIpc) is 2.48. The quantitative estimate of drug-likeness (QED) is 0.892. The first-order chi connectivity index (χ1) is 9.22. The molecule has 0 amide bonds. The van der Waals surface area contributed by atoms with Crippen LogP contribution in [0.4, 0.5) is 5.82 Å². The summed E-state index contributed by atoms with van der Waals surface area (Å²) in [5.41, 5.74) is 7.72. The lowest BCUT2D eigenvalue weighted by molar-refractivity contribution is 0.414. The molecule has 0 aliphatic carbocycles. The summed E-state index contributed by atoms with van der Waals surface area (Å²) in [4.78, 5) is 6.60. The van der Waals surface area contributed by atoms with Crippen LogP contribution in [0.5, 0.6) is 5.75 Å². The van der Waals surface area contributed by atoms with E-state index in [2.05, 4.69) is 22.0 Å². The van der Waals surface area contributed by atoms with Crippen molar-refractivity contribution in [1.29, 1.82) is 0 Å². The van der Waals surface area contributed by atoms with Gasteiger partial charge in [-0.25, -0.2) is 4.98 Å². The Hall–Kier alpha value is -2.07. The van der Waals surface area contributed by atoms with Crippen molar-refractivity contribution in [2.75, 3.05) is 19.1 Å². The number of anilines is 1. The largest absolute Gasteiger partial charge is 0.497 e. The fourth-order valence-electron chi connectivity index (χ4n) is 1.88. The van der Waals surface area contributed by atoms with Gasteiger partial charge in [-0.3, -0.25) is 0 Å². The fourth-order valence-corrected chi connectivity index (χ4v) is 1.88. The molecule has 0 radical (unpaired) electrons. The predicted molar refractivity (Wildman–Crippen MR) is 77.2 cm³/mol. The third kappa shape index (κ3) is 3.45. The van der Waals surface area contributed by atoms with Crippen LogP contribution in [0.15, 0.2) is 42.5 Å². The molecule has 0 aliphatic rings. The Morgan fingerprint density at radius 3 is 2.53 bits per heavy atom. The zero-order chi connectivity index (χ0) is 13.7. The number of pyridine rings is 1. The van der Waals surface area contributed by atoms with Crippen molar-refractivity contribution in [3.05, 3.63) is 53.7 Å². The molecule has 4 nitrogen and oxygen atoms in total. The molecule has 0 saturated heterocycles. The molecule has 0 saturated carbocycles. The van der Waals surface area contributed by atoms with E-state index in [4.69, 9.17) is 10.5 Å². The summed E-state index contributed by atoms with van der Waals surface area (Å²) >= 11 is 0. The van der Waals surface area contributed by atoms with E-state index in [0.717, 1.165) is 23.8 Å². The summed E-state index contributed by atoms with van der Waals surface area (Å²) in [6.45, 7) is 1.26. The van der Waals surface area contributed by atoms with E-state index in [1.54, 1.807) is 7.11 Å². The summed E-state index contributed by atoms with van der Waals surface area (Å²) in [6, 6.07) is 14.0. The van der Waals surface area contributed by atoms with E-state index < -0.39 is 0 Å². The molecule has 0 aliphatic heterocycles. The number of ether oxygens (including phenoxy) is 1. The van der Waals surface area contributed by atoms with Gasteiger partial charge in [-0.05, 0) is 29.8 Å². The normalized spacial score (nSPS) is 10.3. The fraction of sp³-hybridized carbons (Fsp3) is 0.267. The lowest BCUT2D eigenvalue weighted by atomic mass is 10.2. The molecule has 1 aromatic heterocycles. The molecule has 0 bridgehead atoms. The third-order valence-corrected chi connectivity index (χ3v) is 2.97. The van der Waals surface area contributed by atoms with Crippen LogP contribution >= 0.6 is 0 Å². The summed E-state index contributed by atoms with van der Waals surface area (Å²) < 4.78 is 5.15. The van der Waals surface area contributed by atoms with E-state index in [-0.39, 0.29) is 0 Å². The smallest absolute Gasteiger partial charge is 0.128 e. The Labute approximate surface area is 113 Å². The Morgan fingerprint density at radius 2 is 1.89 bits per heavy atom. The van der Waals surface area contributed by atoms with E-state index >= 15 is 0 Å². The Kier molecular flexibility index (Phi) is 4.36. The molecule has 1 aromatic carbocycles. The molecular formula is C15H19N3O. The summed E-state index contributed by atoms with van der Waals surface area (Å²) in [7, 11) is 3.69. The van der Waals surface area contributed by atoms with Gasteiger partial charge in [0.05, 0.1) is 12.8 Å². The highest BCUT2D eigenvalue weighted by Gasteiger charge is 2.04. The van der Waals surface area contributed by atoms with Gasteiger partial charge in [0, 0.05) is 20.1 Å². The Morgan fingerprint density at radius 1 is 1.16 bits per heavy atom. The first-order valence-corrected chi connectivity index (χ1v) is 6.23. The molecule has 4 heteroatoms. The number of benzene rings is 1. The number of rotatable bonds is 5. The molecule has 1 heterocycles. The van der Waals surface area contributed by atoms with Crippen molar-refractivity contribution in [1.82, 2.24) is 4.98 Å². The predicted octanol–water partition coefficient (Wildman–Crippen LogP) is 2.19. The minimum atomic E-state index is 0.463. The molecule has 0 unspecified atom stereocenters. The van der Waals surface area contributed by atoms with Crippen molar-refractivity contribution in [3.63, 3.8) is 0 Å². The first kappa shape index (κ1) is 13.4. The SMILES string of the molecule is COc1ccc(CN(C)c2cccc(CN)n2)cc1. The number of hydrogen-bond acceptors (Lipinski definition) is 4. The Balaban J connectivity index is 2.08. The molecule has 0 spiro atoms. The van der Waals surface area contributed by atoms with Crippen LogP contribution in [0.25, 0.3) is 0 Å². The van der Waals surface area contributed by atoms with Gasteiger partial charge in [0.15, 0.2) is 0 Å². The molecular weight excluding hydrogens is 238 g/mol. The minimum absolute atomic E-state index is 0.463. The highest BCUT2D eigenvalue weighted by atomic mass is 16.5. The van der Waals surface area contributed by atoms with Crippen LogP contribution in [0, 0.1) is 0 Å². The lowest BCUT2D eigenvalue weighted by Crippen LogP contribution is -2.18. The maximum absolute atomic E-state index is 5.61. The second kappa shape index (κ2) is 6.20. The third-order valence-electron chi connectivity index (χ3n) is 2.97. The van der Waals surface area contributed by atoms with Crippen LogP contribution in [0.3, 0.4) is 0 Å². The van der Waals surface area contributed by atoms with Gasteiger partial charge in [-0.2, -0.15) is 0 Å². The molecule has 2 rings (SSSR count). The maximum Gasteiger partial charge on any atom is 0.128 e. The highest BCUT2D eigenvalue weighted by Crippen LogP contribution is 2.16. The summed E-state index contributed by atoms with van der Waals surface area (Å²) in [6.07, 6.45) is 0. The zero-order valence-electron chi connectivity index (χ0n) is 11.3. The average molecular weight is 257 g/mol. The number of aromatic nitrogens is 1. The van der Waals surface area contributed by atoms with Crippen molar-refractivity contribution >= 4 is 5.82 Å². The van der Waals surface area contributed by atoms with Crippen LogP contribution < -0.4 is 15.4 Å². The molecule has 0 fully saturated rings. The number of nitrogens with zero attached hydrogens (tertiary/aromatic N) is 2. The molecule has 2 aromatic rings. The second-order valence-electron chi connectivity index (χ2n) is 4.40. The molecule has 2 N–H and O–H groups in total. The van der Waals surface area contributed by atoms with Crippen LogP contribution in [0.2, 0.25) is 0 Å².